The maximum Gasteiger partial charge on any atom is 0.306 e. The fourth-order valence-corrected chi connectivity index (χ4v) is 7.19. The van der Waals surface area contributed by atoms with Crippen LogP contribution in [0.4, 0.5) is 0 Å². The summed E-state index contributed by atoms with van der Waals surface area (Å²) in [5.74, 6) is -1.02. The molecule has 0 saturated carbocycles. The lowest BCUT2D eigenvalue weighted by atomic mass is 10.1. The molecule has 0 aromatic carbocycles. The van der Waals surface area contributed by atoms with Gasteiger partial charge in [0.2, 0.25) is 0 Å². The monoisotopic (exact) mass is 979 g/mol. The van der Waals surface area contributed by atoms with Crippen LogP contribution in [-0.4, -0.2) is 37.2 Å². The normalized spacial score (nSPS) is 13.2. The number of unbranched alkanes of at least 4 members (excludes halogenated alkanes) is 14. The highest BCUT2D eigenvalue weighted by Crippen LogP contribution is 2.14. The van der Waals surface area contributed by atoms with E-state index in [2.05, 4.69) is 167 Å². The van der Waals surface area contributed by atoms with Crippen LogP contribution in [0, 0.1) is 0 Å². The molecular formula is C65H102O6. The Morgan fingerprint density at radius 1 is 0.282 bits per heavy atom. The molecule has 0 aliphatic rings. The van der Waals surface area contributed by atoms with Crippen LogP contribution in [0.3, 0.4) is 0 Å². The smallest absolute Gasteiger partial charge is 0.306 e. The van der Waals surface area contributed by atoms with Gasteiger partial charge in [-0.3, -0.25) is 14.4 Å². The molecule has 1 unspecified atom stereocenters. The van der Waals surface area contributed by atoms with Gasteiger partial charge in [-0.25, -0.2) is 0 Å². The van der Waals surface area contributed by atoms with Gasteiger partial charge < -0.3 is 14.2 Å². The van der Waals surface area contributed by atoms with Crippen LogP contribution in [0.25, 0.3) is 0 Å². The molecule has 0 aliphatic heterocycles. The molecule has 71 heavy (non-hydrogen) atoms. The van der Waals surface area contributed by atoms with Crippen LogP contribution in [0.1, 0.15) is 226 Å². The molecule has 0 spiro atoms. The second-order valence-corrected chi connectivity index (χ2v) is 18.0. The van der Waals surface area contributed by atoms with E-state index in [0.717, 1.165) is 128 Å². The Kier molecular flexibility index (Phi) is 54.0. The van der Waals surface area contributed by atoms with Crippen LogP contribution in [-0.2, 0) is 28.6 Å². The first-order valence-electron chi connectivity index (χ1n) is 28.3. The molecule has 0 aliphatic carbocycles. The van der Waals surface area contributed by atoms with Gasteiger partial charge in [-0.1, -0.05) is 224 Å². The lowest BCUT2D eigenvalue weighted by Gasteiger charge is -2.18. The molecule has 0 bridgehead atoms. The number of allylic oxidation sites excluding steroid dienone is 24. The highest BCUT2D eigenvalue weighted by Gasteiger charge is 2.19. The number of ether oxygens (including phenoxy) is 3. The summed E-state index contributed by atoms with van der Waals surface area (Å²) in [6.45, 7) is 6.21. The molecular weight excluding hydrogens is 877 g/mol. The minimum absolute atomic E-state index is 0.118. The molecule has 0 heterocycles. The van der Waals surface area contributed by atoms with Crippen molar-refractivity contribution in [3.05, 3.63) is 146 Å². The summed E-state index contributed by atoms with van der Waals surface area (Å²) in [4.78, 5) is 38.1. The van der Waals surface area contributed by atoms with Crippen LogP contribution in [0.15, 0.2) is 146 Å². The Balaban J connectivity index is 4.47. The average Bonchev–Trinajstić information content (AvgIpc) is 3.37. The van der Waals surface area contributed by atoms with Gasteiger partial charge in [-0.2, -0.15) is 0 Å². The van der Waals surface area contributed by atoms with Crippen LogP contribution in [0.2, 0.25) is 0 Å². The van der Waals surface area contributed by atoms with Crippen LogP contribution in [0.5, 0.6) is 0 Å². The van der Waals surface area contributed by atoms with Crippen LogP contribution >= 0.6 is 0 Å². The first kappa shape index (κ1) is 66.3. The van der Waals surface area contributed by atoms with E-state index in [4.69, 9.17) is 14.2 Å². The average molecular weight is 980 g/mol. The fourth-order valence-electron chi connectivity index (χ4n) is 7.19. The summed E-state index contributed by atoms with van der Waals surface area (Å²) >= 11 is 0. The summed E-state index contributed by atoms with van der Waals surface area (Å²) in [7, 11) is 0. The van der Waals surface area contributed by atoms with Crippen molar-refractivity contribution in [2.75, 3.05) is 13.2 Å². The summed E-state index contributed by atoms with van der Waals surface area (Å²) in [6.07, 6.45) is 82.8. The van der Waals surface area contributed by atoms with E-state index < -0.39 is 6.10 Å². The predicted octanol–water partition coefficient (Wildman–Crippen LogP) is 19.2. The molecule has 0 saturated heterocycles. The number of esters is 3. The molecule has 0 rings (SSSR count). The Morgan fingerprint density at radius 3 is 0.845 bits per heavy atom. The second-order valence-electron chi connectivity index (χ2n) is 18.0. The summed E-state index contributed by atoms with van der Waals surface area (Å²) in [6, 6.07) is 0. The number of carbonyl (C=O) groups is 3. The van der Waals surface area contributed by atoms with E-state index in [0.29, 0.717) is 19.3 Å². The van der Waals surface area contributed by atoms with E-state index in [-0.39, 0.29) is 37.5 Å². The van der Waals surface area contributed by atoms with Gasteiger partial charge in [-0.05, 0) is 128 Å². The first-order chi connectivity index (χ1) is 35.0. The molecule has 0 radical (unpaired) electrons. The zero-order valence-corrected chi connectivity index (χ0v) is 45.4. The van der Waals surface area contributed by atoms with Crippen molar-refractivity contribution in [3.8, 4) is 0 Å². The van der Waals surface area contributed by atoms with E-state index in [1.807, 2.05) is 0 Å². The largest absolute Gasteiger partial charge is 0.462 e. The number of hydrogen-bond donors (Lipinski definition) is 0. The molecule has 0 aromatic heterocycles. The Bertz CT molecular complexity index is 1590. The fraction of sp³-hybridized carbons (Fsp3) is 0.585. The van der Waals surface area contributed by atoms with Crippen molar-refractivity contribution in [1.29, 1.82) is 0 Å². The zero-order valence-electron chi connectivity index (χ0n) is 45.4. The van der Waals surface area contributed by atoms with E-state index in [9.17, 15) is 14.4 Å². The third-order valence-electron chi connectivity index (χ3n) is 11.3. The highest BCUT2D eigenvalue weighted by molar-refractivity contribution is 5.71. The molecule has 398 valence electrons. The molecule has 1 atom stereocenters. The highest BCUT2D eigenvalue weighted by atomic mass is 16.6. The summed E-state index contributed by atoms with van der Waals surface area (Å²) < 4.78 is 16.8. The molecule has 6 heteroatoms. The van der Waals surface area contributed by atoms with Gasteiger partial charge in [0.1, 0.15) is 13.2 Å². The lowest BCUT2D eigenvalue weighted by molar-refractivity contribution is -0.167. The Morgan fingerprint density at radius 2 is 0.521 bits per heavy atom. The minimum atomic E-state index is -0.828. The first-order valence-corrected chi connectivity index (χ1v) is 28.3. The van der Waals surface area contributed by atoms with Gasteiger partial charge in [0, 0.05) is 19.3 Å². The molecule has 0 aromatic rings. The maximum atomic E-state index is 12.8. The summed E-state index contributed by atoms with van der Waals surface area (Å²) in [5.41, 5.74) is 0. The third kappa shape index (κ3) is 56.1. The van der Waals surface area contributed by atoms with Gasteiger partial charge in [-0.15, -0.1) is 0 Å². The van der Waals surface area contributed by atoms with Crippen molar-refractivity contribution < 1.29 is 28.6 Å². The maximum absolute atomic E-state index is 12.8. The van der Waals surface area contributed by atoms with Crippen molar-refractivity contribution in [2.45, 2.75) is 232 Å². The van der Waals surface area contributed by atoms with E-state index in [1.54, 1.807) is 0 Å². The standard InChI is InChI=1S/C65H102O6/c1-4-7-10-13-16-19-22-25-27-29-30-31-32-33-34-36-37-40-43-46-49-52-55-58-64(67)70-61-62(60-69-63(66)57-54-51-48-45-42-39-24-21-18-15-12-9-6-3)71-65(68)59-56-53-50-47-44-41-38-35-28-26-23-20-17-14-11-8-5-2/h7-12,16-21,25-28,30-31,38-39,41-42,47,50,62H,4-6,13-15,22-24,29,32-37,40,43-46,48-49,51-61H2,1-3H3/b10-7-,11-8-,12-9-,19-16-,20-17-,21-18-,27-25-,28-26-,31-30-,41-38-,42-39-,50-47-. The molecule has 0 fully saturated rings. The van der Waals surface area contributed by atoms with Crippen molar-refractivity contribution in [2.24, 2.45) is 0 Å². The topological polar surface area (TPSA) is 78.9 Å². The number of hydrogen-bond acceptors (Lipinski definition) is 6. The van der Waals surface area contributed by atoms with Gasteiger partial charge in [0.25, 0.3) is 0 Å². The van der Waals surface area contributed by atoms with Crippen LogP contribution < -0.4 is 0 Å². The summed E-state index contributed by atoms with van der Waals surface area (Å²) in [5, 5.41) is 0. The number of rotatable bonds is 49. The third-order valence-corrected chi connectivity index (χ3v) is 11.3. The lowest BCUT2D eigenvalue weighted by Crippen LogP contribution is -2.30. The van der Waals surface area contributed by atoms with Crippen molar-refractivity contribution in [3.63, 3.8) is 0 Å². The Hall–Kier alpha value is -4.71. The second kappa shape index (κ2) is 57.9. The van der Waals surface area contributed by atoms with E-state index >= 15 is 0 Å². The molecule has 0 amide bonds. The zero-order chi connectivity index (χ0) is 51.4. The number of carbonyl (C=O) groups excluding carboxylic acids is 3. The predicted molar refractivity (Wildman–Crippen MR) is 306 cm³/mol. The minimum Gasteiger partial charge on any atom is -0.462 e. The van der Waals surface area contributed by atoms with Crippen molar-refractivity contribution >= 4 is 17.9 Å². The SMILES string of the molecule is CC/C=C\C/C=C\C/C=C\C/C=C\C/C=C\CCCC(=O)OC(COC(=O)CCCCC/C=C\C/C=C\C/C=C\CC)COC(=O)CCCCCCCCCCCC/C=C\C/C=C\C/C=C\C/C=C\CC. The van der Waals surface area contributed by atoms with Gasteiger partial charge >= 0.3 is 17.9 Å². The molecule has 0 N–H and O–H groups in total. The van der Waals surface area contributed by atoms with Crippen molar-refractivity contribution in [1.82, 2.24) is 0 Å². The molecule has 6 nitrogen and oxygen atoms in total. The Labute approximate surface area is 436 Å². The quantitative estimate of drug-likeness (QED) is 0.0262. The van der Waals surface area contributed by atoms with Gasteiger partial charge in [0.15, 0.2) is 6.10 Å². The van der Waals surface area contributed by atoms with Gasteiger partial charge in [0.05, 0.1) is 0 Å². The van der Waals surface area contributed by atoms with E-state index in [1.165, 1.54) is 51.4 Å².